The number of hydrogen-bond donors (Lipinski definition) is 0. The van der Waals surface area contributed by atoms with E-state index in [1.54, 1.807) is 0 Å². The number of ether oxygens (including phenoxy) is 1. The van der Waals surface area contributed by atoms with Gasteiger partial charge in [0.15, 0.2) is 0 Å². The number of carbonyl (C=O) groups excluding carboxylic acids is 1. The molecule has 0 aromatic heterocycles. The van der Waals surface area contributed by atoms with Crippen molar-refractivity contribution in [3.63, 3.8) is 0 Å². The second-order valence-electron chi connectivity index (χ2n) is 5.18. The molecule has 3 aromatic carbocycles. The maximum absolute atomic E-state index is 12.3. The normalized spacial score (nSPS) is 11.2. The molecule has 0 aliphatic rings. The Labute approximate surface area is 118 Å². The average Bonchev–Trinajstić information content (AvgIpc) is 2.74. The van der Waals surface area contributed by atoms with Crippen molar-refractivity contribution in [2.75, 3.05) is 0 Å². The molecular weight excluding hydrogens is 248 g/mol. The molecule has 2 heteroatoms. The molecule has 0 saturated heterocycles. The topological polar surface area (TPSA) is 26.3 Å². The SMILES string of the molecule is CC(C)OC(=O)c1ccccc2cc3cccc3cc12. The molecule has 0 N–H and O–H groups in total. The van der Waals surface area contributed by atoms with Crippen molar-refractivity contribution in [2.24, 2.45) is 0 Å². The molecule has 0 atom stereocenters. The highest BCUT2D eigenvalue weighted by atomic mass is 16.5. The first-order chi connectivity index (χ1) is 9.65. The second kappa shape index (κ2) is 4.97. The van der Waals surface area contributed by atoms with Gasteiger partial charge < -0.3 is 4.74 Å². The highest BCUT2D eigenvalue weighted by molar-refractivity contribution is 6.08. The van der Waals surface area contributed by atoms with Crippen LogP contribution in [0.25, 0.3) is 21.5 Å². The summed E-state index contributed by atoms with van der Waals surface area (Å²) in [5.41, 5.74) is 0.613. The van der Waals surface area contributed by atoms with Crippen LogP contribution in [0.1, 0.15) is 24.2 Å². The van der Waals surface area contributed by atoms with Crippen molar-refractivity contribution in [3.05, 3.63) is 60.2 Å². The molecule has 0 spiro atoms. The lowest BCUT2D eigenvalue weighted by molar-refractivity contribution is 0.0380. The van der Waals surface area contributed by atoms with Gasteiger partial charge in [0.2, 0.25) is 0 Å². The molecule has 0 saturated carbocycles. The Kier molecular flexibility index (Phi) is 3.15. The molecule has 0 unspecified atom stereocenters. The van der Waals surface area contributed by atoms with E-state index < -0.39 is 0 Å². The number of fused-ring (bicyclic) bond motifs is 2. The van der Waals surface area contributed by atoms with Crippen molar-refractivity contribution in [3.8, 4) is 0 Å². The van der Waals surface area contributed by atoms with Crippen LogP contribution in [-0.4, -0.2) is 12.1 Å². The Morgan fingerprint density at radius 1 is 0.900 bits per heavy atom. The van der Waals surface area contributed by atoms with Gasteiger partial charge in [0, 0.05) is 0 Å². The zero-order valence-electron chi connectivity index (χ0n) is 11.6. The molecule has 0 radical (unpaired) electrons. The Morgan fingerprint density at radius 3 is 2.30 bits per heavy atom. The second-order valence-corrected chi connectivity index (χ2v) is 5.18. The lowest BCUT2D eigenvalue weighted by Gasteiger charge is -2.08. The van der Waals surface area contributed by atoms with Gasteiger partial charge in [0.05, 0.1) is 11.7 Å². The molecule has 0 heterocycles. The summed E-state index contributed by atoms with van der Waals surface area (Å²) in [7, 11) is 0. The number of esters is 1. The van der Waals surface area contributed by atoms with Crippen molar-refractivity contribution in [1.82, 2.24) is 0 Å². The molecule has 0 aliphatic carbocycles. The minimum atomic E-state index is -0.271. The molecule has 20 heavy (non-hydrogen) atoms. The van der Waals surface area contributed by atoms with Gasteiger partial charge in [-0.25, -0.2) is 4.79 Å². The highest BCUT2D eigenvalue weighted by Gasteiger charge is 2.12. The van der Waals surface area contributed by atoms with E-state index in [9.17, 15) is 4.79 Å². The summed E-state index contributed by atoms with van der Waals surface area (Å²) >= 11 is 0. The fraction of sp³-hybridized carbons (Fsp3) is 0.167. The van der Waals surface area contributed by atoms with Gasteiger partial charge in [0.25, 0.3) is 0 Å². The standard InChI is InChI=1S/C18H16O2/c1-12(2)20-18(19)16-9-4-3-6-15-10-13-7-5-8-14(13)11-17(15)16/h3-12H,1-2H3. The average molecular weight is 264 g/mol. The van der Waals surface area contributed by atoms with Crippen LogP contribution in [0.4, 0.5) is 0 Å². The van der Waals surface area contributed by atoms with Crippen molar-refractivity contribution in [1.29, 1.82) is 0 Å². The Balaban J connectivity index is 2.27. The van der Waals surface area contributed by atoms with Crippen LogP contribution in [0.3, 0.4) is 0 Å². The van der Waals surface area contributed by atoms with Gasteiger partial charge in [0.1, 0.15) is 0 Å². The first-order valence-electron chi connectivity index (χ1n) is 6.77. The molecular formula is C18H16O2. The Bertz CT molecular complexity index is 788. The highest BCUT2D eigenvalue weighted by Crippen LogP contribution is 2.26. The van der Waals surface area contributed by atoms with Gasteiger partial charge in [-0.2, -0.15) is 0 Å². The predicted molar refractivity (Wildman–Crippen MR) is 82.0 cm³/mol. The lowest BCUT2D eigenvalue weighted by Crippen LogP contribution is -2.11. The molecule has 0 aliphatic heterocycles. The van der Waals surface area contributed by atoms with Gasteiger partial charge in [-0.1, -0.05) is 36.4 Å². The smallest absolute Gasteiger partial charge is 0.339 e. The van der Waals surface area contributed by atoms with Crippen molar-refractivity contribution < 1.29 is 9.53 Å². The molecule has 100 valence electrons. The minimum Gasteiger partial charge on any atom is -0.459 e. The Hall–Kier alpha value is -2.35. The molecule has 3 rings (SSSR count). The van der Waals surface area contributed by atoms with Crippen LogP contribution in [0.5, 0.6) is 0 Å². The van der Waals surface area contributed by atoms with Gasteiger partial charge in [-0.05, 0) is 53.6 Å². The molecule has 0 amide bonds. The van der Waals surface area contributed by atoms with Gasteiger partial charge in [-0.15, -0.1) is 0 Å². The van der Waals surface area contributed by atoms with Gasteiger partial charge >= 0.3 is 5.97 Å². The maximum Gasteiger partial charge on any atom is 0.339 e. The van der Waals surface area contributed by atoms with Crippen molar-refractivity contribution >= 4 is 27.5 Å². The summed E-state index contributed by atoms with van der Waals surface area (Å²) in [6.45, 7) is 3.72. The first kappa shape index (κ1) is 12.7. The molecule has 0 fully saturated rings. The number of rotatable bonds is 2. The lowest BCUT2D eigenvalue weighted by atomic mass is 10.1. The summed E-state index contributed by atoms with van der Waals surface area (Å²) in [6.07, 6.45) is -0.120. The zero-order valence-corrected chi connectivity index (χ0v) is 11.6. The van der Waals surface area contributed by atoms with Gasteiger partial charge in [-0.3, -0.25) is 0 Å². The number of hydrogen-bond acceptors (Lipinski definition) is 2. The molecule has 3 aromatic rings. The zero-order chi connectivity index (χ0) is 14.1. The third-order valence-corrected chi connectivity index (χ3v) is 3.31. The number of benzene rings is 1. The quantitative estimate of drug-likeness (QED) is 0.634. The third kappa shape index (κ3) is 2.25. The van der Waals surface area contributed by atoms with Crippen LogP contribution >= 0.6 is 0 Å². The summed E-state index contributed by atoms with van der Waals surface area (Å²) in [4.78, 5) is 12.3. The van der Waals surface area contributed by atoms with Crippen LogP contribution in [-0.2, 0) is 4.74 Å². The van der Waals surface area contributed by atoms with Crippen LogP contribution < -0.4 is 0 Å². The van der Waals surface area contributed by atoms with E-state index in [0.717, 1.165) is 16.2 Å². The monoisotopic (exact) mass is 264 g/mol. The maximum atomic E-state index is 12.3. The van der Waals surface area contributed by atoms with E-state index in [0.29, 0.717) is 5.56 Å². The molecule has 2 nitrogen and oxygen atoms in total. The van der Waals surface area contributed by atoms with Crippen molar-refractivity contribution in [2.45, 2.75) is 20.0 Å². The van der Waals surface area contributed by atoms with E-state index in [1.165, 1.54) is 5.39 Å². The minimum absolute atomic E-state index is 0.120. The van der Waals surface area contributed by atoms with E-state index in [-0.39, 0.29) is 12.1 Å². The molecule has 0 bridgehead atoms. The number of carbonyl (C=O) groups is 1. The van der Waals surface area contributed by atoms with Crippen LogP contribution in [0.2, 0.25) is 0 Å². The van der Waals surface area contributed by atoms with E-state index in [2.05, 4.69) is 24.3 Å². The van der Waals surface area contributed by atoms with E-state index >= 15 is 0 Å². The summed E-state index contributed by atoms with van der Waals surface area (Å²) in [6, 6.07) is 18.0. The van der Waals surface area contributed by atoms with E-state index in [4.69, 9.17) is 4.74 Å². The first-order valence-corrected chi connectivity index (χ1v) is 6.77. The fourth-order valence-corrected chi connectivity index (χ4v) is 2.42. The summed E-state index contributed by atoms with van der Waals surface area (Å²) in [5, 5.41) is 4.30. The Morgan fingerprint density at radius 2 is 1.55 bits per heavy atom. The van der Waals surface area contributed by atoms with E-state index in [1.807, 2.05) is 44.2 Å². The summed E-state index contributed by atoms with van der Waals surface area (Å²) < 4.78 is 5.34. The van der Waals surface area contributed by atoms with Crippen LogP contribution in [0.15, 0.2) is 54.6 Å². The summed E-state index contributed by atoms with van der Waals surface area (Å²) in [5.74, 6) is -0.271. The predicted octanol–water partition coefficient (Wildman–Crippen LogP) is 4.56. The third-order valence-electron chi connectivity index (χ3n) is 3.31. The fourth-order valence-electron chi connectivity index (χ4n) is 2.42. The van der Waals surface area contributed by atoms with Crippen LogP contribution in [0, 0.1) is 0 Å². The largest absolute Gasteiger partial charge is 0.459 e.